The Bertz CT molecular complexity index is 168. The van der Waals surface area contributed by atoms with Gasteiger partial charge in [0.1, 0.15) is 6.17 Å². The average Bonchev–Trinajstić information content (AvgIpc) is 1.98. The number of carbonyl (C=O) groups excluding carboxylic acids is 1. The number of urea groups is 1. The number of halogens is 1. The molecule has 0 spiro atoms. The molecule has 0 aliphatic carbocycles. The lowest BCUT2D eigenvalue weighted by molar-refractivity contribution is 0.0883. The van der Waals surface area contributed by atoms with Crippen LogP contribution >= 0.6 is 0 Å². The number of nitrogens with zero attached hydrogens (tertiary/aromatic N) is 1. The van der Waals surface area contributed by atoms with Crippen LogP contribution in [-0.2, 0) is 0 Å². The maximum atomic E-state index is 12.3. The Morgan fingerprint density at radius 3 is 2.75 bits per heavy atom. The quantitative estimate of drug-likeness (QED) is 0.669. The standard InChI is InChI=1S/C8H15FN2O/c1-3-6(2)10-8(12)11-4-7(9)5-11/h6-7H,3-5H2,1-2H3,(H,10,12). The molecule has 1 atom stereocenters. The zero-order valence-electron chi connectivity index (χ0n) is 7.51. The molecule has 0 aromatic carbocycles. The van der Waals surface area contributed by atoms with E-state index >= 15 is 0 Å². The molecule has 0 aromatic heterocycles. The summed E-state index contributed by atoms with van der Waals surface area (Å²) in [6, 6.07) is 0.0365. The van der Waals surface area contributed by atoms with Crippen molar-refractivity contribution in [2.75, 3.05) is 13.1 Å². The number of hydrogen-bond acceptors (Lipinski definition) is 1. The van der Waals surface area contributed by atoms with Gasteiger partial charge in [0.2, 0.25) is 0 Å². The molecule has 1 unspecified atom stereocenters. The van der Waals surface area contributed by atoms with Gasteiger partial charge in [-0.3, -0.25) is 0 Å². The Balaban J connectivity index is 2.20. The fraction of sp³-hybridized carbons (Fsp3) is 0.875. The van der Waals surface area contributed by atoms with Gasteiger partial charge in [-0.2, -0.15) is 0 Å². The van der Waals surface area contributed by atoms with Gasteiger partial charge in [-0.05, 0) is 13.3 Å². The minimum absolute atomic E-state index is 0.141. The summed E-state index contributed by atoms with van der Waals surface area (Å²) in [5, 5.41) is 2.77. The van der Waals surface area contributed by atoms with Gasteiger partial charge in [-0.15, -0.1) is 0 Å². The molecule has 1 aliphatic rings. The number of likely N-dealkylation sites (tertiary alicyclic amines) is 1. The maximum Gasteiger partial charge on any atom is 0.317 e. The maximum absolute atomic E-state index is 12.3. The van der Waals surface area contributed by atoms with Crippen LogP contribution in [-0.4, -0.2) is 36.2 Å². The van der Waals surface area contributed by atoms with E-state index in [1.165, 1.54) is 4.90 Å². The molecule has 0 aromatic rings. The van der Waals surface area contributed by atoms with Crippen LogP contribution in [0.3, 0.4) is 0 Å². The number of nitrogens with one attached hydrogen (secondary N) is 1. The highest BCUT2D eigenvalue weighted by Gasteiger charge is 2.30. The highest BCUT2D eigenvalue weighted by molar-refractivity contribution is 5.75. The first-order valence-corrected chi connectivity index (χ1v) is 4.33. The Labute approximate surface area is 71.9 Å². The average molecular weight is 174 g/mol. The van der Waals surface area contributed by atoms with E-state index in [4.69, 9.17) is 0 Å². The zero-order valence-corrected chi connectivity index (χ0v) is 7.51. The second kappa shape index (κ2) is 3.74. The number of carbonyl (C=O) groups is 1. The van der Waals surface area contributed by atoms with Crippen molar-refractivity contribution in [2.24, 2.45) is 0 Å². The minimum Gasteiger partial charge on any atom is -0.336 e. The summed E-state index contributed by atoms with van der Waals surface area (Å²) in [5.74, 6) is 0. The van der Waals surface area contributed by atoms with Crippen LogP contribution < -0.4 is 5.32 Å². The molecule has 1 aliphatic heterocycles. The van der Waals surface area contributed by atoms with E-state index < -0.39 is 6.17 Å². The third-order valence-corrected chi connectivity index (χ3v) is 2.11. The highest BCUT2D eigenvalue weighted by Crippen LogP contribution is 2.10. The smallest absolute Gasteiger partial charge is 0.317 e. The molecule has 1 fully saturated rings. The van der Waals surface area contributed by atoms with Gasteiger partial charge < -0.3 is 10.2 Å². The second-order valence-corrected chi connectivity index (χ2v) is 3.26. The van der Waals surface area contributed by atoms with Gasteiger partial charge in [-0.1, -0.05) is 6.92 Å². The van der Waals surface area contributed by atoms with Gasteiger partial charge >= 0.3 is 6.03 Å². The SMILES string of the molecule is CCC(C)NC(=O)N1CC(F)C1. The van der Waals surface area contributed by atoms with Crippen molar-refractivity contribution in [3.63, 3.8) is 0 Å². The van der Waals surface area contributed by atoms with Crippen LogP contribution in [0.4, 0.5) is 9.18 Å². The summed E-state index contributed by atoms with van der Waals surface area (Å²) in [7, 11) is 0. The first-order chi connectivity index (χ1) is 5.63. The van der Waals surface area contributed by atoms with E-state index in [0.717, 1.165) is 6.42 Å². The number of alkyl halides is 1. The fourth-order valence-electron chi connectivity index (χ4n) is 0.995. The highest BCUT2D eigenvalue weighted by atomic mass is 19.1. The van der Waals surface area contributed by atoms with E-state index in [2.05, 4.69) is 5.32 Å². The van der Waals surface area contributed by atoms with Crippen molar-refractivity contribution in [3.8, 4) is 0 Å². The summed E-state index contributed by atoms with van der Waals surface area (Å²) >= 11 is 0. The molecule has 70 valence electrons. The van der Waals surface area contributed by atoms with Crippen molar-refractivity contribution < 1.29 is 9.18 Å². The van der Waals surface area contributed by atoms with Crippen LogP contribution in [0.1, 0.15) is 20.3 Å². The van der Waals surface area contributed by atoms with Crippen molar-refractivity contribution in [3.05, 3.63) is 0 Å². The van der Waals surface area contributed by atoms with Gasteiger partial charge in [0.25, 0.3) is 0 Å². The van der Waals surface area contributed by atoms with E-state index in [1.807, 2.05) is 13.8 Å². The number of amides is 2. The Kier molecular flexibility index (Phi) is 2.89. The summed E-state index contributed by atoms with van der Waals surface area (Å²) < 4.78 is 12.3. The summed E-state index contributed by atoms with van der Waals surface area (Å²) in [5.41, 5.74) is 0. The molecular formula is C8H15FN2O. The van der Waals surface area contributed by atoms with Crippen molar-refractivity contribution in [1.29, 1.82) is 0 Å². The largest absolute Gasteiger partial charge is 0.336 e. The molecule has 0 saturated carbocycles. The second-order valence-electron chi connectivity index (χ2n) is 3.26. The predicted octanol–water partition coefficient (Wildman–Crippen LogP) is 1.15. The lowest BCUT2D eigenvalue weighted by Gasteiger charge is -2.35. The lowest BCUT2D eigenvalue weighted by Crippen LogP contribution is -2.56. The normalized spacial score (nSPS) is 20.1. The Morgan fingerprint density at radius 2 is 2.33 bits per heavy atom. The molecule has 2 amide bonds. The number of rotatable bonds is 2. The zero-order chi connectivity index (χ0) is 9.14. The van der Waals surface area contributed by atoms with E-state index in [-0.39, 0.29) is 25.2 Å². The van der Waals surface area contributed by atoms with E-state index in [9.17, 15) is 9.18 Å². The van der Waals surface area contributed by atoms with Gasteiger partial charge in [-0.25, -0.2) is 9.18 Å². The monoisotopic (exact) mass is 174 g/mol. The first kappa shape index (κ1) is 9.29. The molecule has 1 rings (SSSR count). The summed E-state index contributed by atoms with van der Waals surface area (Å²) in [6.45, 7) is 4.44. The Hall–Kier alpha value is -0.800. The Morgan fingerprint density at radius 1 is 1.75 bits per heavy atom. The summed E-state index contributed by atoms with van der Waals surface area (Å²) in [4.78, 5) is 12.7. The molecule has 0 bridgehead atoms. The van der Waals surface area contributed by atoms with E-state index in [1.54, 1.807) is 0 Å². The van der Waals surface area contributed by atoms with E-state index in [0.29, 0.717) is 0 Å². The molecule has 1 heterocycles. The first-order valence-electron chi connectivity index (χ1n) is 4.33. The molecular weight excluding hydrogens is 159 g/mol. The van der Waals surface area contributed by atoms with Crippen molar-refractivity contribution in [2.45, 2.75) is 32.5 Å². The van der Waals surface area contributed by atoms with Crippen molar-refractivity contribution >= 4 is 6.03 Å². The molecule has 3 nitrogen and oxygen atoms in total. The van der Waals surface area contributed by atoms with Gasteiger partial charge in [0, 0.05) is 6.04 Å². The van der Waals surface area contributed by atoms with Crippen LogP contribution in [0, 0.1) is 0 Å². The lowest BCUT2D eigenvalue weighted by atomic mass is 10.2. The van der Waals surface area contributed by atoms with Crippen LogP contribution in [0.25, 0.3) is 0 Å². The predicted molar refractivity (Wildman–Crippen MR) is 44.8 cm³/mol. The van der Waals surface area contributed by atoms with Crippen LogP contribution in [0.5, 0.6) is 0 Å². The van der Waals surface area contributed by atoms with Gasteiger partial charge in [0.05, 0.1) is 13.1 Å². The fourth-order valence-corrected chi connectivity index (χ4v) is 0.995. The number of hydrogen-bond donors (Lipinski definition) is 1. The van der Waals surface area contributed by atoms with Crippen LogP contribution in [0.2, 0.25) is 0 Å². The summed E-state index contributed by atoms with van der Waals surface area (Å²) in [6.07, 6.45) is 0.0891. The molecule has 4 heteroatoms. The molecule has 0 radical (unpaired) electrons. The molecule has 1 saturated heterocycles. The van der Waals surface area contributed by atoms with Crippen molar-refractivity contribution in [1.82, 2.24) is 10.2 Å². The van der Waals surface area contributed by atoms with Gasteiger partial charge in [0.15, 0.2) is 0 Å². The van der Waals surface area contributed by atoms with Crippen LogP contribution in [0.15, 0.2) is 0 Å². The minimum atomic E-state index is -0.812. The molecule has 1 N–H and O–H groups in total. The topological polar surface area (TPSA) is 32.3 Å². The third kappa shape index (κ3) is 2.09. The third-order valence-electron chi connectivity index (χ3n) is 2.11. The molecule has 12 heavy (non-hydrogen) atoms.